The zero-order valence-corrected chi connectivity index (χ0v) is 17.3. The van der Waals surface area contributed by atoms with Crippen molar-refractivity contribution in [2.45, 2.75) is 65.9 Å². The highest BCUT2D eigenvalue weighted by Gasteiger charge is 2.65. The molecule has 0 aromatic heterocycles. The van der Waals surface area contributed by atoms with Crippen molar-refractivity contribution in [2.24, 2.45) is 29.1 Å². The van der Waals surface area contributed by atoms with Gasteiger partial charge in [0.15, 0.2) is 12.1 Å². The van der Waals surface area contributed by atoms with Crippen LogP contribution in [0.4, 0.5) is 0 Å². The van der Waals surface area contributed by atoms with Crippen LogP contribution in [0.15, 0.2) is 0 Å². The number of ether oxygens (including phenoxy) is 1. The predicted octanol–water partition coefficient (Wildman–Crippen LogP) is 4.51. The first kappa shape index (κ1) is 19.3. The second-order valence-corrected chi connectivity index (χ2v) is 10.2. The summed E-state index contributed by atoms with van der Waals surface area (Å²) in [6, 6.07) is 0. The Labute approximate surface area is 166 Å². The summed E-state index contributed by atoms with van der Waals surface area (Å²) in [6.45, 7) is 10.4. The fraction of sp³-hybridized carbons (Fsp3) is 0.652. The highest BCUT2D eigenvalue weighted by Crippen LogP contribution is 2.67. The normalized spacial score (nSPS) is 32.0. The van der Waals surface area contributed by atoms with Gasteiger partial charge in [0.05, 0.1) is 5.56 Å². The van der Waals surface area contributed by atoms with Crippen LogP contribution in [-0.2, 0) is 6.42 Å². The number of rotatable bonds is 4. The van der Waals surface area contributed by atoms with Crippen molar-refractivity contribution in [3.8, 4) is 17.2 Å². The van der Waals surface area contributed by atoms with Gasteiger partial charge in [-0.25, -0.2) is 0 Å². The third-order valence-electron chi connectivity index (χ3n) is 7.84. The van der Waals surface area contributed by atoms with E-state index in [0.717, 1.165) is 12.8 Å². The third-order valence-corrected chi connectivity index (χ3v) is 7.84. The van der Waals surface area contributed by atoms with Crippen LogP contribution in [0.1, 0.15) is 80.2 Å². The molecule has 4 unspecified atom stereocenters. The number of benzene rings is 1. The quantitative estimate of drug-likeness (QED) is 0.587. The number of ketones is 1. The number of Topliss-reactive ketones (excluding diaryl/α,β-unsaturated/α-hetero) is 1. The van der Waals surface area contributed by atoms with E-state index in [0.29, 0.717) is 30.1 Å². The summed E-state index contributed by atoms with van der Waals surface area (Å²) in [6.07, 6.45) is 3.41. The van der Waals surface area contributed by atoms with Crippen LogP contribution in [0.5, 0.6) is 17.2 Å². The van der Waals surface area contributed by atoms with E-state index in [1.54, 1.807) is 0 Å². The standard InChI is InChI=1S/C23H30O5/c1-11(2)6-16(25)18-19(26)14-8-13-7-12-9-17(22(12,3)4)23(13,5)28-21(14)15(10-24)20(18)27/h10-13,17,26-27H,6-9H2,1-5H3. The number of hydrogen-bond acceptors (Lipinski definition) is 5. The molecule has 1 heterocycles. The van der Waals surface area contributed by atoms with Crippen molar-refractivity contribution in [3.05, 3.63) is 16.7 Å². The van der Waals surface area contributed by atoms with Crippen LogP contribution in [0.2, 0.25) is 0 Å². The minimum Gasteiger partial charge on any atom is -0.507 e. The topological polar surface area (TPSA) is 83.8 Å². The third kappa shape index (κ3) is 2.37. The average Bonchev–Trinajstić information content (AvgIpc) is 2.59. The summed E-state index contributed by atoms with van der Waals surface area (Å²) in [7, 11) is 0. The summed E-state index contributed by atoms with van der Waals surface area (Å²) in [5.74, 6) is 0.525. The Hall–Kier alpha value is -2.04. The van der Waals surface area contributed by atoms with Gasteiger partial charge in [-0.3, -0.25) is 9.59 Å². The lowest BCUT2D eigenvalue weighted by molar-refractivity contribution is -0.217. The Kier molecular flexibility index (Phi) is 4.12. The summed E-state index contributed by atoms with van der Waals surface area (Å²) in [5, 5.41) is 21.6. The van der Waals surface area contributed by atoms with Gasteiger partial charge in [0.1, 0.15) is 28.4 Å². The Morgan fingerprint density at radius 2 is 1.86 bits per heavy atom. The molecule has 5 rings (SSSR count). The van der Waals surface area contributed by atoms with E-state index in [1.165, 1.54) is 0 Å². The van der Waals surface area contributed by atoms with Gasteiger partial charge < -0.3 is 14.9 Å². The molecule has 4 atom stereocenters. The van der Waals surface area contributed by atoms with E-state index in [2.05, 4.69) is 20.8 Å². The Morgan fingerprint density at radius 3 is 2.43 bits per heavy atom. The van der Waals surface area contributed by atoms with Gasteiger partial charge in [0.2, 0.25) is 0 Å². The molecule has 3 fully saturated rings. The molecule has 5 nitrogen and oxygen atoms in total. The second-order valence-electron chi connectivity index (χ2n) is 10.2. The van der Waals surface area contributed by atoms with Crippen LogP contribution in [-0.4, -0.2) is 27.9 Å². The average molecular weight is 386 g/mol. The molecule has 0 spiro atoms. The van der Waals surface area contributed by atoms with Crippen LogP contribution in [0, 0.1) is 29.1 Å². The lowest BCUT2D eigenvalue weighted by Gasteiger charge is -2.67. The number of aldehydes is 1. The second kappa shape index (κ2) is 5.98. The van der Waals surface area contributed by atoms with Gasteiger partial charge in [-0.15, -0.1) is 0 Å². The number of carbonyl (C=O) groups excluding carboxylic acids is 2. The first-order valence-electron chi connectivity index (χ1n) is 10.3. The van der Waals surface area contributed by atoms with Crippen LogP contribution in [0.25, 0.3) is 0 Å². The van der Waals surface area contributed by atoms with Crippen LogP contribution < -0.4 is 4.74 Å². The smallest absolute Gasteiger partial charge is 0.170 e. The molecular weight excluding hydrogens is 356 g/mol. The molecule has 4 aliphatic rings. The van der Waals surface area contributed by atoms with Gasteiger partial charge in [0, 0.05) is 23.8 Å². The number of carbonyl (C=O) groups is 2. The van der Waals surface area contributed by atoms with E-state index in [9.17, 15) is 19.8 Å². The molecule has 3 saturated carbocycles. The monoisotopic (exact) mass is 386 g/mol. The molecular formula is C23H30O5. The molecule has 1 aromatic rings. The SMILES string of the molecule is CC(C)CC(=O)c1c(O)c(C=O)c2c(c1O)CC1CC3CC(C3(C)C)C1(C)O2. The van der Waals surface area contributed by atoms with Gasteiger partial charge in [0.25, 0.3) is 0 Å². The summed E-state index contributed by atoms with van der Waals surface area (Å²) in [4.78, 5) is 24.5. The fourth-order valence-electron chi connectivity index (χ4n) is 6.08. The van der Waals surface area contributed by atoms with Crippen molar-refractivity contribution in [1.82, 2.24) is 0 Å². The molecule has 2 bridgehead atoms. The fourth-order valence-corrected chi connectivity index (χ4v) is 6.08. The molecule has 2 N–H and O–H groups in total. The molecule has 3 aliphatic carbocycles. The maximum absolute atomic E-state index is 12.7. The van der Waals surface area contributed by atoms with Crippen molar-refractivity contribution in [1.29, 1.82) is 0 Å². The predicted molar refractivity (Wildman–Crippen MR) is 105 cm³/mol. The Morgan fingerprint density at radius 1 is 1.18 bits per heavy atom. The largest absolute Gasteiger partial charge is 0.507 e. The zero-order valence-electron chi connectivity index (χ0n) is 17.3. The van der Waals surface area contributed by atoms with Crippen molar-refractivity contribution < 1.29 is 24.5 Å². The zero-order chi connectivity index (χ0) is 20.6. The van der Waals surface area contributed by atoms with Gasteiger partial charge >= 0.3 is 0 Å². The van der Waals surface area contributed by atoms with E-state index in [1.807, 2.05) is 13.8 Å². The minimum atomic E-state index is -0.458. The van der Waals surface area contributed by atoms with Crippen molar-refractivity contribution in [3.63, 3.8) is 0 Å². The molecule has 0 radical (unpaired) electrons. The van der Waals surface area contributed by atoms with Gasteiger partial charge in [-0.1, -0.05) is 27.7 Å². The molecule has 152 valence electrons. The van der Waals surface area contributed by atoms with Crippen molar-refractivity contribution in [2.75, 3.05) is 0 Å². The van der Waals surface area contributed by atoms with E-state index < -0.39 is 11.4 Å². The number of phenols is 2. The van der Waals surface area contributed by atoms with Crippen molar-refractivity contribution >= 4 is 12.1 Å². The van der Waals surface area contributed by atoms with Gasteiger partial charge in [-0.2, -0.15) is 0 Å². The number of hydrogen-bond donors (Lipinski definition) is 2. The molecule has 0 saturated heterocycles. The van der Waals surface area contributed by atoms with E-state index >= 15 is 0 Å². The van der Waals surface area contributed by atoms with Crippen LogP contribution >= 0.6 is 0 Å². The lowest BCUT2D eigenvalue weighted by Crippen LogP contribution is -2.67. The first-order valence-corrected chi connectivity index (χ1v) is 10.3. The number of phenolic OH excluding ortho intramolecular Hbond substituents is 2. The lowest BCUT2D eigenvalue weighted by atomic mass is 9.41. The molecule has 1 aliphatic heterocycles. The van der Waals surface area contributed by atoms with E-state index in [-0.39, 0.29) is 52.1 Å². The number of aromatic hydroxyl groups is 2. The van der Waals surface area contributed by atoms with Gasteiger partial charge in [-0.05, 0) is 43.4 Å². The minimum absolute atomic E-state index is 0.0150. The highest BCUT2D eigenvalue weighted by molar-refractivity contribution is 6.05. The molecule has 1 aromatic carbocycles. The highest BCUT2D eigenvalue weighted by atomic mass is 16.5. The molecule has 5 heteroatoms. The number of fused-ring (bicyclic) bond motifs is 1. The first-order chi connectivity index (χ1) is 13.0. The maximum Gasteiger partial charge on any atom is 0.170 e. The Balaban J connectivity index is 1.84. The Bertz CT molecular complexity index is 868. The summed E-state index contributed by atoms with van der Waals surface area (Å²) >= 11 is 0. The summed E-state index contributed by atoms with van der Waals surface area (Å²) < 4.78 is 6.45. The van der Waals surface area contributed by atoms with Crippen LogP contribution in [0.3, 0.4) is 0 Å². The maximum atomic E-state index is 12.7. The molecule has 28 heavy (non-hydrogen) atoms. The molecule has 0 amide bonds. The van der Waals surface area contributed by atoms with E-state index in [4.69, 9.17) is 4.74 Å². The summed E-state index contributed by atoms with van der Waals surface area (Å²) in [5.41, 5.74) is 0.0858.